The van der Waals surface area contributed by atoms with Gasteiger partial charge in [0.15, 0.2) is 0 Å². The Balaban J connectivity index is 2.63. The van der Waals surface area contributed by atoms with Crippen molar-refractivity contribution in [3.05, 3.63) is 38.3 Å². The van der Waals surface area contributed by atoms with Gasteiger partial charge in [0.25, 0.3) is 5.69 Å². The van der Waals surface area contributed by atoms with Crippen molar-refractivity contribution in [2.45, 2.75) is 45.6 Å². The summed E-state index contributed by atoms with van der Waals surface area (Å²) in [5.74, 6) is 0. The number of hydrogen-bond donors (Lipinski definition) is 1. The van der Waals surface area contributed by atoms with Crippen LogP contribution in [-0.4, -0.2) is 17.5 Å². The summed E-state index contributed by atoms with van der Waals surface area (Å²) in [6, 6.07) is 5.52. The van der Waals surface area contributed by atoms with Gasteiger partial charge in [-0.15, -0.1) is 0 Å². The molecule has 1 aromatic rings. The van der Waals surface area contributed by atoms with Gasteiger partial charge in [-0.1, -0.05) is 42.3 Å². The maximum Gasteiger partial charge on any atom is 0.270 e. The third kappa shape index (κ3) is 5.28. The van der Waals surface area contributed by atoms with E-state index in [9.17, 15) is 10.1 Å². The van der Waals surface area contributed by atoms with Gasteiger partial charge < -0.3 is 5.32 Å². The third-order valence-corrected chi connectivity index (χ3v) is 3.88. The highest BCUT2D eigenvalue weighted by atomic mass is 79.9. The molecule has 0 saturated carbocycles. The highest BCUT2D eigenvalue weighted by molar-refractivity contribution is 9.10. The second kappa shape index (κ2) is 8.27. The van der Waals surface area contributed by atoms with E-state index in [1.54, 1.807) is 12.1 Å². The second-order valence-corrected chi connectivity index (χ2v) is 5.47. The highest BCUT2D eigenvalue weighted by Gasteiger charge is 2.11. The molecular formula is C14H21BrN2O2. The van der Waals surface area contributed by atoms with Gasteiger partial charge in [0, 0.05) is 22.6 Å². The zero-order valence-corrected chi connectivity index (χ0v) is 13.1. The molecule has 0 fully saturated rings. The van der Waals surface area contributed by atoms with Crippen LogP contribution in [0.25, 0.3) is 0 Å². The summed E-state index contributed by atoms with van der Waals surface area (Å²) in [4.78, 5) is 10.3. The molecule has 1 atom stereocenters. The van der Waals surface area contributed by atoms with Gasteiger partial charge >= 0.3 is 0 Å². The smallest absolute Gasteiger partial charge is 0.270 e. The summed E-state index contributed by atoms with van der Waals surface area (Å²) in [6.07, 6.45) is 4.31. The predicted molar refractivity (Wildman–Crippen MR) is 81.5 cm³/mol. The van der Waals surface area contributed by atoms with Crippen LogP contribution in [0.5, 0.6) is 0 Å². The lowest BCUT2D eigenvalue weighted by Crippen LogP contribution is -2.29. The van der Waals surface area contributed by atoms with E-state index >= 15 is 0 Å². The van der Waals surface area contributed by atoms with Crippen molar-refractivity contribution >= 4 is 21.6 Å². The van der Waals surface area contributed by atoms with Crippen LogP contribution in [0, 0.1) is 10.1 Å². The Labute approximate surface area is 122 Å². The summed E-state index contributed by atoms with van der Waals surface area (Å²) >= 11 is 3.42. The van der Waals surface area contributed by atoms with Crippen LogP contribution >= 0.6 is 15.9 Å². The minimum Gasteiger partial charge on any atom is -0.314 e. The van der Waals surface area contributed by atoms with Crippen molar-refractivity contribution in [2.75, 3.05) is 6.54 Å². The molecule has 0 radical (unpaired) electrons. The van der Waals surface area contributed by atoms with E-state index < -0.39 is 0 Å². The quantitative estimate of drug-likeness (QED) is 0.578. The zero-order valence-electron chi connectivity index (χ0n) is 11.5. The summed E-state index contributed by atoms with van der Waals surface area (Å²) in [5.41, 5.74) is 1.26. The monoisotopic (exact) mass is 328 g/mol. The Hall–Kier alpha value is -0.940. The molecule has 0 bridgehead atoms. The molecule has 5 heteroatoms. The Bertz CT molecular complexity index is 418. The first-order chi connectivity index (χ1) is 9.08. The molecule has 19 heavy (non-hydrogen) atoms. The van der Waals surface area contributed by atoms with E-state index in [0.717, 1.165) is 29.4 Å². The van der Waals surface area contributed by atoms with Gasteiger partial charge in [0.1, 0.15) is 0 Å². The predicted octanol–water partition coefficient (Wildman–Crippen LogP) is 4.07. The molecule has 1 unspecified atom stereocenters. The lowest BCUT2D eigenvalue weighted by molar-refractivity contribution is -0.384. The lowest BCUT2D eigenvalue weighted by Gasteiger charge is -2.17. The highest BCUT2D eigenvalue weighted by Crippen LogP contribution is 2.24. The molecule has 0 aliphatic carbocycles. The van der Waals surface area contributed by atoms with Crippen molar-refractivity contribution in [3.8, 4) is 0 Å². The number of benzene rings is 1. The molecule has 106 valence electrons. The van der Waals surface area contributed by atoms with Crippen LogP contribution in [0.3, 0.4) is 0 Å². The van der Waals surface area contributed by atoms with Crippen LogP contribution in [0.4, 0.5) is 5.69 Å². The molecule has 1 rings (SSSR count). The largest absolute Gasteiger partial charge is 0.314 e. The Morgan fingerprint density at radius 3 is 2.63 bits per heavy atom. The van der Waals surface area contributed by atoms with E-state index in [4.69, 9.17) is 0 Å². The standard InChI is InChI=1S/C14H21BrN2O2/c1-3-5-12(16-4-2)8-6-11-7-9-13(17(18)19)10-14(11)15/h7,9-10,12,16H,3-6,8H2,1-2H3. The number of nitro groups is 1. The lowest BCUT2D eigenvalue weighted by atomic mass is 10.0. The third-order valence-electron chi connectivity index (χ3n) is 3.14. The molecule has 0 aliphatic rings. The van der Waals surface area contributed by atoms with Crippen LogP contribution in [0.1, 0.15) is 38.7 Å². The first-order valence-corrected chi connectivity index (χ1v) is 7.54. The molecule has 1 aromatic carbocycles. The summed E-state index contributed by atoms with van der Waals surface area (Å²) in [5, 5.41) is 14.2. The molecule has 0 heterocycles. The number of rotatable bonds is 8. The summed E-state index contributed by atoms with van der Waals surface area (Å²) in [7, 11) is 0. The summed E-state index contributed by atoms with van der Waals surface area (Å²) in [6.45, 7) is 5.28. The maximum absolute atomic E-state index is 10.7. The Morgan fingerprint density at radius 2 is 2.11 bits per heavy atom. The first kappa shape index (κ1) is 16.1. The number of hydrogen-bond acceptors (Lipinski definition) is 3. The fourth-order valence-electron chi connectivity index (χ4n) is 2.17. The fraction of sp³-hybridized carbons (Fsp3) is 0.571. The van der Waals surface area contributed by atoms with Crippen LogP contribution in [0.2, 0.25) is 0 Å². The van der Waals surface area contributed by atoms with Gasteiger partial charge in [-0.05, 0) is 31.4 Å². The zero-order chi connectivity index (χ0) is 14.3. The normalized spacial score (nSPS) is 12.4. The molecule has 1 N–H and O–H groups in total. The molecule has 0 saturated heterocycles. The number of aryl methyl sites for hydroxylation is 1. The minimum atomic E-state index is -0.368. The fourth-order valence-corrected chi connectivity index (χ4v) is 2.73. The van der Waals surface area contributed by atoms with Crippen molar-refractivity contribution in [1.29, 1.82) is 0 Å². The number of nitro benzene ring substituents is 1. The topological polar surface area (TPSA) is 55.2 Å². The van der Waals surface area contributed by atoms with Gasteiger partial charge in [-0.3, -0.25) is 10.1 Å². The van der Waals surface area contributed by atoms with Crippen LogP contribution < -0.4 is 5.32 Å². The Morgan fingerprint density at radius 1 is 1.37 bits per heavy atom. The van der Waals surface area contributed by atoms with Crippen molar-refractivity contribution < 1.29 is 4.92 Å². The SMILES string of the molecule is CCCC(CCc1ccc([N+](=O)[O-])cc1Br)NCC. The van der Waals surface area contributed by atoms with Crippen LogP contribution in [-0.2, 0) is 6.42 Å². The number of non-ortho nitro benzene ring substituents is 1. The van der Waals surface area contributed by atoms with E-state index in [0.29, 0.717) is 6.04 Å². The first-order valence-electron chi connectivity index (χ1n) is 6.74. The number of halogens is 1. The van der Waals surface area contributed by atoms with E-state index in [1.165, 1.54) is 12.8 Å². The average Bonchev–Trinajstić information content (AvgIpc) is 2.37. The number of nitrogens with zero attached hydrogens (tertiary/aromatic N) is 1. The maximum atomic E-state index is 10.7. The van der Waals surface area contributed by atoms with Crippen molar-refractivity contribution in [2.24, 2.45) is 0 Å². The molecular weight excluding hydrogens is 308 g/mol. The van der Waals surface area contributed by atoms with E-state index in [2.05, 4.69) is 35.1 Å². The van der Waals surface area contributed by atoms with Crippen LogP contribution in [0.15, 0.2) is 22.7 Å². The number of nitrogens with one attached hydrogen (secondary N) is 1. The van der Waals surface area contributed by atoms with Gasteiger partial charge in [0.2, 0.25) is 0 Å². The Kier molecular flexibility index (Phi) is 7.02. The molecule has 0 aliphatic heterocycles. The van der Waals surface area contributed by atoms with E-state index in [1.807, 2.05) is 6.07 Å². The van der Waals surface area contributed by atoms with Crippen molar-refractivity contribution in [1.82, 2.24) is 5.32 Å². The van der Waals surface area contributed by atoms with E-state index in [-0.39, 0.29) is 10.6 Å². The van der Waals surface area contributed by atoms with Gasteiger partial charge in [-0.25, -0.2) is 0 Å². The summed E-state index contributed by atoms with van der Waals surface area (Å²) < 4.78 is 0.827. The van der Waals surface area contributed by atoms with Crippen molar-refractivity contribution in [3.63, 3.8) is 0 Å². The second-order valence-electron chi connectivity index (χ2n) is 4.61. The van der Waals surface area contributed by atoms with Gasteiger partial charge in [-0.2, -0.15) is 0 Å². The molecule has 0 spiro atoms. The molecule has 4 nitrogen and oxygen atoms in total. The molecule has 0 amide bonds. The molecule has 0 aromatic heterocycles. The minimum absolute atomic E-state index is 0.132. The van der Waals surface area contributed by atoms with Gasteiger partial charge in [0.05, 0.1) is 4.92 Å². The average molecular weight is 329 g/mol.